The molecule has 0 aromatic carbocycles. The predicted molar refractivity (Wildman–Crippen MR) is 68.7 cm³/mol. The van der Waals surface area contributed by atoms with Crippen molar-refractivity contribution in [2.24, 2.45) is 0 Å². The minimum atomic E-state index is -0.120. The first-order chi connectivity index (χ1) is 8.60. The second kappa shape index (κ2) is 5.20. The van der Waals surface area contributed by atoms with Crippen molar-refractivity contribution in [1.82, 2.24) is 14.9 Å². The Morgan fingerprint density at radius 2 is 2.06 bits per heavy atom. The SMILES string of the molecule is CCc1nc(N2CCN(C(C)=O)CC2)cc(=O)[nH]1. The molecule has 0 saturated carbocycles. The molecule has 0 unspecified atom stereocenters. The van der Waals surface area contributed by atoms with Crippen molar-refractivity contribution in [3.8, 4) is 0 Å². The lowest BCUT2D eigenvalue weighted by molar-refractivity contribution is -0.129. The van der Waals surface area contributed by atoms with Gasteiger partial charge < -0.3 is 14.8 Å². The Labute approximate surface area is 106 Å². The highest BCUT2D eigenvalue weighted by Gasteiger charge is 2.19. The van der Waals surface area contributed by atoms with Gasteiger partial charge in [-0.15, -0.1) is 0 Å². The van der Waals surface area contributed by atoms with E-state index >= 15 is 0 Å². The maximum atomic E-state index is 11.5. The van der Waals surface area contributed by atoms with E-state index in [2.05, 4.69) is 9.97 Å². The molecule has 98 valence electrons. The molecule has 1 fully saturated rings. The highest BCUT2D eigenvalue weighted by atomic mass is 16.2. The first-order valence-corrected chi connectivity index (χ1v) is 6.21. The largest absolute Gasteiger partial charge is 0.353 e. The van der Waals surface area contributed by atoms with Crippen molar-refractivity contribution in [1.29, 1.82) is 0 Å². The van der Waals surface area contributed by atoms with E-state index in [0.717, 1.165) is 13.1 Å². The summed E-state index contributed by atoms with van der Waals surface area (Å²) in [5, 5.41) is 0. The van der Waals surface area contributed by atoms with Gasteiger partial charge in [0.05, 0.1) is 0 Å². The third-order valence-corrected chi connectivity index (χ3v) is 3.16. The van der Waals surface area contributed by atoms with Gasteiger partial charge in [-0.05, 0) is 0 Å². The monoisotopic (exact) mass is 250 g/mol. The minimum Gasteiger partial charge on any atom is -0.353 e. The fraction of sp³-hybridized carbons (Fsp3) is 0.583. The van der Waals surface area contributed by atoms with Gasteiger partial charge in [0.25, 0.3) is 5.56 Å². The van der Waals surface area contributed by atoms with Crippen molar-refractivity contribution in [3.05, 3.63) is 22.2 Å². The molecule has 2 heterocycles. The number of carbonyl (C=O) groups is 1. The second-order valence-electron chi connectivity index (χ2n) is 4.40. The van der Waals surface area contributed by atoms with E-state index in [4.69, 9.17) is 0 Å². The number of aryl methyl sites for hydroxylation is 1. The third-order valence-electron chi connectivity index (χ3n) is 3.16. The summed E-state index contributed by atoms with van der Waals surface area (Å²) in [7, 11) is 0. The average molecular weight is 250 g/mol. The lowest BCUT2D eigenvalue weighted by atomic mass is 10.3. The zero-order valence-electron chi connectivity index (χ0n) is 10.8. The predicted octanol–water partition coefficient (Wildman–Crippen LogP) is 0.000800. The van der Waals surface area contributed by atoms with Crippen LogP contribution in [-0.4, -0.2) is 47.0 Å². The molecule has 1 N–H and O–H groups in total. The van der Waals surface area contributed by atoms with Crippen LogP contribution in [0.1, 0.15) is 19.7 Å². The summed E-state index contributed by atoms with van der Waals surface area (Å²) in [6, 6.07) is 1.52. The van der Waals surface area contributed by atoms with E-state index in [9.17, 15) is 9.59 Å². The summed E-state index contributed by atoms with van der Waals surface area (Å²) in [5.74, 6) is 1.51. The molecule has 6 heteroatoms. The number of rotatable bonds is 2. The number of H-pyrrole nitrogens is 1. The normalized spacial score (nSPS) is 15.9. The smallest absolute Gasteiger partial charge is 0.252 e. The zero-order chi connectivity index (χ0) is 13.1. The van der Waals surface area contributed by atoms with Crippen LogP contribution >= 0.6 is 0 Å². The van der Waals surface area contributed by atoms with Crippen molar-refractivity contribution < 1.29 is 4.79 Å². The number of aromatic nitrogens is 2. The number of carbonyl (C=O) groups excluding carboxylic acids is 1. The second-order valence-corrected chi connectivity index (χ2v) is 4.40. The average Bonchev–Trinajstić information content (AvgIpc) is 2.38. The van der Waals surface area contributed by atoms with Gasteiger partial charge in [0, 0.05) is 45.6 Å². The fourth-order valence-electron chi connectivity index (χ4n) is 2.07. The van der Waals surface area contributed by atoms with E-state index in [0.29, 0.717) is 31.2 Å². The first-order valence-electron chi connectivity index (χ1n) is 6.21. The Bertz CT molecular complexity index is 489. The van der Waals surface area contributed by atoms with Crippen molar-refractivity contribution in [3.63, 3.8) is 0 Å². The van der Waals surface area contributed by atoms with Crippen LogP contribution < -0.4 is 10.5 Å². The van der Waals surface area contributed by atoms with Gasteiger partial charge >= 0.3 is 0 Å². The van der Waals surface area contributed by atoms with Crippen molar-refractivity contribution in [2.45, 2.75) is 20.3 Å². The number of hydrogen-bond acceptors (Lipinski definition) is 4. The van der Waals surface area contributed by atoms with Crippen LogP contribution in [-0.2, 0) is 11.2 Å². The maximum absolute atomic E-state index is 11.5. The number of amides is 1. The number of nitrogens with zero attached hydrogens (tertiary/aromatic N) is 3. The summed E-state index contributed by atoms with van der Waals surface area (Å²) < 4.78 is 0. The standard InChI is InChI=1S/C12H18N4O2/c1-3-10-13-11(8-12(18)14-10)16-6-4-15(5-7-16)9(2)17/h8H,3-7H2,1-2H3,(H,13,14,18). The van der Waals surface area contributed by atoms with E-state index < -0.39 is 0 Å². The van der Waals surface area contributed by atoms with Crippen LogP contribution in [0.5, 0.6) is 0 Å². The Morgan fingerprint density at radius 1 is 1.39 bits per heavy atom. The Kier molecular flexibility index (Phi) is 3.64. The molecule has 0 atom stereocenters. The van der Waals surface area contributed by atoms with Crippen LogP contribution in [0.3, 0.4) is 0 Å². The van der Waals surface area contributed by atoms with E-state index in [1.807, 2.05) is 16.7 Å². The fourth-order valence-corrected chi connectivity index (χ4v) is 2.07. The molecule has 1 aromatic rings. The van der Waals surface area contributed by atoms with Gasteiger partial charge in [-0.25, -0.2) is 4.98 Å². The first kappa shape index (κ1) is 12.6. The molecule has 0 aliphatic carbocycles. The summed E-state index contributed by atoms with van der Waals surface area (Å²) in [5.41, 5.74) is -0.120. The molecular weight excluding hydrogens is 232 g/mol. The zero-order valence-corrected chi connectivity index (χ0v) is 10.8. The van der Waals surface area contributed by atoms with E-state index in [1.165, 1.54) is 6.07 Å². The van der Waals surface area contributed by atoms with Crippen LogP contribution in [0.2, 0.25) is 0 Å². The Morgan fingerprint density at radius 3 is 2.61 bits per heavy atom. The van der Waals surface area contributed by atoms with Gasteiger partial charge in [-0.2, -0.15) is 0 Å². The molecule has 0 radical (unpaired) electrons. The molecule has 1 saturated heterocycles. The maximum Gasteiger partial charge on any atom is 0.252 e. The Balaban J connectivity index is 2.12. The minimum absolute atomic E-state index is 0.0998. The van der Waals surface area contributed by atoms with Gasteiger partial charge in [-0.3, -0.25) is 9.59 Å². The number of anilines is 1. The molecular formula is C12H18N4O2. The summed E-state index contributed by atoms with van der Waals surface area (Å²) in [6.07, 6.45) is 0.705. The molecule has 0 spiro atoms. The van der Waals surface area contributed by atoms with Crippen molar-refractivity contribution in [2.75, 3.05) is 31.1 Å². The van der Waals surface area contributed by atoms with Crippen LogP contribution in [0.25, 0.3) is 0 Å². The molecule has 1 aliphatic rings. The third kappa shape index (κ3) is 2.69. The van der Waals surface area contributed by atoms with E-state index in [-0.39, 0.29) is 11.5 Å². The lowest BCUT2D eigenvalue weighted by Gasteiger charge is -2.34. The summed E-state index contributed by atoms with van der Waals surface area (Å²) in [4.78, 5) is 33.7. The number of nitrogens with one attached hydrogen (secondary N) is 1. The molecule has 6 nitrogen and oxygen atoms in total. The quantitative estimate of drug-likeness (QED) is 0.802. The molecule has 2 rings (SSSR count). The summed E-state index contributed by atoms with van der Waals surface area (Å²) in [6.45, 7) is 6.35. The van der Waals surface area contributed by atoms with Crippen LogP contribution in [0, 0.1) is 0 Å². The van der Waals surface area contributed by atoms with Crippen molar-refractivity contribution >= 4 is 11.7 Å². The van der Waals surface area contributed by atoms with Gasteiger partial charge in [0.1, 0.15) is 11.6 Å². The molecule has 18 heavy (non-hydrogen) atoms. The molecule has 1 aliphatic heterocycles. The van der Waals surface area contributed by atoms with Gasteiger partial charge in [-0.1, -0.05) is 6.92 Å². The molecule has 1 aromatic heterocycles. The molecule has 1 amide bonds. The molecule has 0 bridgehead atoms. The van der Waals surface area contributed by atoms with Crippen LogP contribution in [0.4, 0.5) is 5.82 Å². The highest BCUT2D eigenvalue weighted by Crippen LogP contribution is 2.11. The number of aromatic amines is 1. The topological polar surface area (TPSA) is 69.3 Å². The van der Waals surface area contributed by atoms with E-state index in [1.54, 1.807) is 6.92 Å². The van der Waals surface area contributed by atoms with Crippen LogP contribution in [0.15, 0.2) is 10.9 Å². The lowest BCUT2D eigenvalue weighted by Crippen LogP contribution is -2.48. The number of hydrogen-bond donors (Lipinski definition) is 1. The summed E-state index contributed by atoms with van der Waals surface area (Å²) >= 11 is 0. The number of piperazine rings is 1. The van der Waals surface area contributed by atoms with Gasteiger partial charge in [0.2, 0.25) is 5.91 Å². The van der Waals surface area contributed by atoms with Gasteiger partial charge in [0.15, 0.2) is 0 Å². The Hall–Kier alpha value is -1.85. The highest BCUT2D eigenvalue weighted by molar-refractivity contribution is 5.73.